The van der Waals surface area contributed by atoms with Crippen molar-refractivity contribution in [3.63, 3.8) is 0 Å². The highest BCUT2D eigenvalue weighted by Gasteiger charge is 2.34. The summed E-state index contributed by atoms with van der Waals surface area (Å²) in [6, 6.07) is 5.54. The molecule has 0 amide bonds. The predicted molar refractivity (Wildman–Crippen MR) is 109 cm³/mol. The highest BCUT2D eigenvalue weighted by molar-refractivity contribution is 6.05. The first-order chi connectivity index (χ1) is 14.9. The standard InChI is InChI=1S/C23H21F4NO4/c1-4-11(2)19(22(31)32)20-12(3)28(17-10-16(24)18(29)9-15(17)20)21(30)13-5-7-14(8-6-13)23(25,26)27/h5-11,19,29H,4H2,1-3H3,(H,31,32)/t11-,19?/m1/s1. The van der Waals surface area contributed by atoms with Crippen LogP contribution in [0, 0.1) is 18.7 Å². The van der Waals surface area contributed by atoms with Crippen LogP contribution in [0.4, 0.5) is 17.6 Å². The minimum Gasteiger partial charge on any atom is -0.505 e. The molecule has 3 rings (SSSR count). The zero-order chi connectivity index (χ0) is 24.0. The average Bonchev–Trinajstić information content (AvgIpc) is 2.98. The van der Waals surface area contributed by atoms with Crippen molar-refractivity contribution in [1.29, 1.82) is 0 Å². The van der Waals surface area contributed by atoms with Gasteiger partial charge in [0.1, 0.15) is 0 Å². The van der Waals surface area contributed by atoms with Crippen LogP contribution in [0.3, 0.4) is 0 Å². The Balaban J connectivity index is 2.28. The van der Waals surface area contributed by atoms with E-state index in [0.29, 0.717) is 6.42 Å². The number of rotatable bonds is 5. The van der Waals surface area contributed by atoms with E-state index >= 15 is 0 Å². The van der Waals surface area contributed by atoms with Crippen LogP contribution in [0.1, 0.15) is 53.4 Å². The van der Waals surface area contributed by atoms with Gasteiger partial charge in [-0.3, -0.25) is 14.2 Å². The second-order valence-electron chi connectivity index (χ2n) is 7.74. The monoisotopic (exact) mass is 451 g/mol. The summed E-state index contributed by atoms with van der Waals surface area (Å²) < 4.78 is 53.9. The molecule has 1 aromatic heterocycles. The highest BCUT2D eigenvalue weighted by atomic mass is 19.4. The van der Waals surface area contributed by atoms with Crippen molar-refractivity contribution in [2.45, 2.75) is 39.3 Å². The number of carboxylic acids is 1. The van der Waals surface area contributed by atoms with Gasteiger partial charge in [0.05, 0.1) is 17.0 Å². The summed E-state index contributed by atoms with van der Waals surface area (Å²) in [4.78, 5) is 25.3. The van der Waals surface area contributed by atoms with Crippen molar-refractivity contribution < 1.29 is 37.4 Å². The molecule has 0 aliphatic carbocycles. The number of benzene rings is 2. The molecule has 0 aliphatic heterocycles. The lowest BCUT2D eigenvalue weighted by Crippen LogP contribution is -2.21. The molecule has 0 radical (unpaired) electrons. The number of halogens is 4. The summed E-state index contributed by atoms with van der Waals surface area (Å²) in [5.41, 5.74) is -0.539. The molecule has 9 heteroatoms. The molecule has 0 spiro atoms. The number of hydrogen-bond donors (Lipinski definition) is 2. The number of alkyl halides is 3. The van der Waals surface area contributed by atoms with Crippen LogP contribution in [-0.4, -0.2) is 26.7 Å². The number of carbonyl (C=O) groups is 2. The fraction of sp³-hybridized carbons (Fsp3) is 0.304. The van der Waals surface area contributed by atoms with Crippen LogP contribution in [0.5, 0.6) is 5.75 Å². The third kappa shape index (κ3) is 3.94. The van der Waals surface area contributed by atoms with Crippen molar-refractivity contribution in [3.8, 4) is 5.75 Å². The maximum atomic E-state index is 14.2. The summed E-state index contributed by atoms with van der Waals surface area (Å²) in [7, 11) is 0. The molecule has 2 N–H and O–H groups in total. The molecule has 5 nitrogen and oxygen atoms in total. The lowest BCUT2D eigenvalue weighted by atomic mass is 9.84. The van der Waals surface area contributed by atoms with Gasteiger partial charge in [0.25, 0.3) is 5.91 Å². The van der Waals surface area contributed by atoms with Gasteiger partial charge >= 0.3 is 12.1 Å². The third-order valence-electron chi connectivity index (χ3n) is 5.77. The fourth-order valence-electron chi connectivity index (χ4n) is 3.92. The molecule has 2 aromatic carbocycles. The Hall–Kier alpha value is -3.36. The molecule has 2 atom stereocenters. The van der Waals surface area contributed by atoms with Crippen molar-refractivity contribution in [1.82, 2.24) is 4.57 Å². The van der Waals surface area contributed by atoms with Crippen molar-refractivity contribution >= 4 is 22.8 Å². The lowest BCUT2D eigenvalue weighted by molar-refractivity contribution is -0.140. The van der Waals surface area contributed by atoms with E-state index in [1.54, 1.807) is 13.8 Å². The van der Waals surface area contributed by atoms with Crippen LogP contribution in [0.25, 0.3) is 10.9 Å². The molecule has 0 saturated carbocycles. The van der Waals surface area contributed by atoms with Gasteiger partial charge in [-0.15, -0.1) is 0 Å². The number of phenolic OH excluding ortho intramolecular Hbond substituents is 1. The largest absolute Gasteiger partial charge is 0.505 e. The van der Waals surface area contributed by atoms with Gasteiger partial charge in [0.15, 0.2) is 11.6 Å². The first-order valence-electron chi connectivity index (χ1n) is 9.86. The van der Waals surface area contributed by atoms with Gasteiger partial charge in [-0.1, -0.05) is 20.3 Å². The number of aliphatic carboxylic acids is 1. The zero-order valence-electron chi connectivity index (χ0n) is 17.5. The molecular formula is C23H21F4NO4. The van der Waals surface area contributed by atoms with Gasteiger partial charge < -0.3 is 10.2 Å². The number of carboxylic acid groups (broad SMARTS) is 1. The second kappa shape index (κ2) is 8.29. The summed E-state index contributed by atoms with van der Waals surface area (Å²) in [6.07, 6.45) is -4.07. The number of carbonyl (C=O) groups excluding carboxylic acids is 1. The molecular weight excluding hydrogens is 430 g/mol. The average molecular weight is 451 g/mol. The van der Waals surface area contributed by atoms with E-state index in [-0.39, 0.29) is 33.6 Å². The topological polar surface area (TPSA) is 79.5 Å². The van der Waals surface area contributed by atoms with Gasteiger partial charge in [0.2, 0.25) is 0 Å². The highest BCUT2D eigenvalue weighted by Crippen LogP contribution is 2.39. The smallest absolute Gasteiger partial charge is 0.416 e. The quantitative estimate of drug-likeness (QED) is 0.487. The zero-order valence-corrected chi connectivity index (χ0v) is 17.5. The Morgan fingerprint density at radius 3 is 2.22 bits per heavy atom. The normalized spacial score (nSPS) is 13.8. The molecule has 1 unspecified atom stereocenters. The Morgan fingerprint density at radius 1 is 1.12 bits per heavy atom. The molecule has 0 fully saturated rings. The SMILES string of the molecule is CC[C@@H](C)C(C(=O)O)c1c(C)n(C(=O)c2ccc(C(F)(F)F)cc2)c2cc(F)c(O)cc12. The molecule has 0 bridgehead atoms. The van der Waals surface area contributed by atoms with Gasteiger partial charge in [-0.25, -0.2) is 4.39 Å². The molecule has 1 heterocycles. The van der Waals surface area contributed by atoms with Crippen molar-refractivity contribution in [3.05, 3.63) is 64.6 Å². The number of aromatic nitrogens is 1. The maximum absolute atomic E-state index is 14.2. The van der Waals surface area contributed by atoms with E-state index < -0.39 is 41.1 Å². The predicted octanol–water partition coefficient (Wildman–Crippen LogP) is 5.72. The molecule has 3 aromatic rings. The minimum atomic E-state index is -4.57. The minimum absolute atomic E-state index is 0.0206. The number of phenols is 1. The van der Waals surface area contributed by atoms with Crippen LogP contribution < -0.4 is 0 Å². The van der Waals surface area contributed by atoms with E-state index in [1.165, 1.54) is 6.92 Å². The fourth-order valence-corrected chi connectivity index (χ4v) is 3.92. The Bertz CT molecular complexity index is 1200. The van der Waals surface area contributed by atoms with E-state index in [4.69, 9.17) is 0 Å². The third-order valence-corrected chi connectivity index (χ3v) is 5.77. The number of aromatic hydroxyl groups is 1. The van der Waals surface area contributed by atoms with E-state index in [9.17, 15) is 37.4 Å². The summed E-state index contributed by atoms with van der Waals surface area (Å²) >= 11 is 0. The number of fused-ring (bicyclic) bond motifs is 1. The van der Waals surface area contributed by atoms with Crippen LogP contribution in [0.2, 0.25) is 0 Å². The van der Waals surface area contributed by atoms with Gasteiger partial charge in [0, 0.05) is 22.7 Å². The van der Waals surface area contributed by atoms with Crippen molar-refractivity contribution in [2.75, 3.05) is 0 Å². The van der Waals surface area contributed by atoms with E-state index in [0.717, 1.165) is 41.0 Å². The van der Waals surface area contributed by atoms with Crippen molar-refractivity contribution in [2.24, 2.45) is 5.92 Å². The molecule has 170 valence electrons. The van der Waals surface area contributed by atoms with Crippen LogP contribution in [-0.2, 0) is 11.0 Å². The Kier molecular flexibility index (Phi) is 6.04. The number of hydrogen-bond acceptors (Lipinski definition) is 3. The first-order valence-corrected chi connectivity index (χ1v) is 9.86. The van der Waals surface area contributed by atoms with Crippen LogP contribution in [0.15, 0.2) is 36.4 Å². The molecule has 32 heavy (non-hydrogen) atoms. The summed E-state index contributed by atoms with van der Waals surface area (Å²) in [5.74, 6) is -5.00. The second-order valence-corrected chi connectivity index (χ2v) is 7.74. The number of nitrogens with zero attached hydrogens (tertiary/aromatic N) is 1. The Morgan fingerprint density at radius 2 is 1.72 bits per heavy atom. The molecule has 0 aliphatic rings. The molecule has 0 saturated heterocycles. The first kappa shape index (κ1) is 23.3. The summed E-state index contributed by atoms with van der Waals surface area (Å²) in [5, 5.41) is 20.0. The van der Waals surface area contributed by atoms with E-state index in [1.807, 2.05) is 0 Å². The maximum Gasteiger partial charge on any atom is 0.416 e. The van der Waals surface area contributed by atoms with E-state index in [2.05, 4.69) is 0 Å². The van der Waals surface area contributed by atoms with Gasteiger partial charge in [-0.2, -0.15) is 13.2 Å². The Labute approximate surface area is 180 Å². The van der Waals surface area contributed by atoms with Crippen LogP contribution >= 0.6 is 0 Å². The lowest BCUT2D eigenvalue weighted by Gasteiger charge is -2.20. The summed E-state index contributed by atoms with van der Waals surface area (Å²) in [6.45, 7) is 5.02. The van der Waals surface area contributed by atoms with Gasteiger partial charge in [-0.05, 0) is 48.7 Å².